The van der Waals surface area contributed by atoms with Gasteiger partial charge < -0.3 is 14.8 Å². The minimum Gasteiger partial charge on any atom is -0.353 e. The van der Waals surface area contributed by atoms with E-state index in [1.54, 1.807) is 0 Å². The second kappa shape index (κ2) is 8.70. The SMILES string of the molecule is N#CCC(COC1CCCCO1)NCc1ccccc1. The van der Waals surface area contributed by atoms with Crippen molar-refractivity contribution in [3.8, 4) is 6.07 Å². The number of hydrogen-bond acceptors (Lipinski definition) is 4. The van der Waals surface area contributed by atoms with E-state index >= 15 is 0 Å². The Kier molecular flexibility index (Phi) is 6.52. The summed E-state index contributed by atoms with van der Waals surface area (Å²) >= 11 is 0. The van der Waals surface area contributed by atoms with E-state index in [4.69, 9.17) is 14.7 Å². The molecule has 108 valence electrons. The molecule has 1 aromatic rings. The summed E-state index contributed by atoms with van der Waals surface area (Å²) in [5.74, 6) is 0. The molecule has 0 bridgehead atoms. The maximum Gasteiger partial charge on any atom is 0.157 e. The minimum absolute atomic E-state index is 0.0470. The Morgan fingerprint density at radius 2 is 2.20 bits per heavy atom. The normalized spacial score (nSPS) is 20.2. The van der Waals surface area contributed by atoms with Crippen LogP contribution in [0.4, 0.5) is 0 Å². The first kappa shape index (κ1) is 15.0. The molecule has 2 atom stereocenters. The van der Waals surface area contributed by atoms with E-state index in [1.165, 1.54) is 5.56 Å². The fourth-order valence-corrected chi connectivity index (χ4v) is 2.22. The van der Waals surface area contributed by atoms with Crippen LogP contribution in [0, 0.1) is 11.3 Å². The molecule has 0 saturated carbocycles. The lowest BCUT2D eigenvalue weighted by atomic mass is 10.2. The zero-order valence-electron chi connectivity index (χ0n) is 11.8. The molecule has 0 radical (unpaired) electrons. The molecule has 1 aliphatic heterocycles. The highest BCUT2D eigenvalue weighted by Gasteiger charge is 2.16. The van der Waals surface area contributed by atoms with E-state index in [-0.39, 0.29) is 12.3 Å². The summed E-state index contributed by atoms with van der Waals surface area (Å²) in [5.41, 5.74) is 1.21. The van der Waals surface area contributed by atoms with Crippen LogP contribution in [-0.2, 0) is 16.0 Å². The Hall–Kier alpha value is -1.41. The number of benzene rings is 1. The van der Waals surface area contributed by atoms with Gasteiger partial charge in [0.1, 0.15) is 0 Å². The number of rotatable bonds is 7. The van der Waals surface area contributed by atoms with Crippen molar-refractivity contribution in [2.75, 3.05) is 13.2 Å². The smallest absolute Gasteiger partial charge is 0.157 e. The molecular weight excluding hydrogens is 252 g/mol. The van der Waals surface area contributed by atoms with Gasteiger partial charge in [0, 0.05) is 19.2 Å². The van der Waals surface area contributed by atoms with Gasteiger partial charge in [-0.05, 0) is 24.8 Å². The van der Waals surface area contributed by atoms with Crippen molar-refractivity contribution in [1.29, 1.82) is 5.26 Å². The lowest BCUT2D eigenvalue weighted by molar-refractivity contribution is -0.165. The molecule has 1 N–H and O–H groups in total. The second-order valence-electron chi connectivity index (χ2n) is 5.06. The van der Waals surface area contributed by atoms with Crippen molar-refractivity contribution in [3.63, 3.8) is 0 Å². The van der Waals surface area contributed by atoms with Crippen LogP contribution in [0.3, 0.4) is 0 Å². The van der Waals surface area contributed by atoms with E-state index in [2.05, 4.69) is 23.5 Å². The number of hydrogen-bond donors (Lipinski definition) is 1. The zero-order valence-corrected chi connectivity index (χ0v) is 11.8. The second-order valence-corrected chi connectivity index (χ2v) is 5.06. The van der Waals surface area contributed by atoms with Gasteiger partial charge in [-0.25, -0.2) is 0 Å². The van der Waals surface area contributed by atoms with Gasteiger partial charge in [0.15, 0.2) is 6.29 Å². The third kappa shape index (κ3) is 5.30. The maximum absolute atomic E-state index is 8.89. The van der Waals surface area contributed by atoms with Crippen LogP contribution in [0.1, 0.15) is 31.2 Å². The first-order chi connectivity index (χ1) is 9.88. The molecule has 2 unspecified atom stereocenters. The molecule has 1 saturated heterocycles. The van der Waals surface area contributed by atoms with E-state index in [0.29, 0.717) is 13.0 Å². The minimum atomic E-state index is -0.0940. The molecule has 2 rings (SSSR count). The quantitative estimate of drug-likeness (QED) is 0.830. The lowest BCUT2D eigenvalue weighted by Crippen LogP contribution is -2.35. The monoisotopic (exact) mass is 274 g/mol. The molecule has 0 spiro atoms. The van der Waals surface area contributed by atoms with E-state index in [0.717, 1.165) is 32.4 Å². The van der Waals surface area contributed by atoms with Gasteiger partial charge in [0.2, 0.25) is 0 Å². The van der Waals surface area contributed by atoms with Crippen LogP contribution in [-0.4, -0.2) is 25.5 Å². The highest BCUT2D eigenvalue weighted by Crippen LogP contribution is 2.14. The summed E-state index contributed by atoms with van der Waals surface area (Å²) in [5, 5.41) is 12.3. The molecule has 1 aromatic carbocycles. The van der Waals surface area contributed by atoms with Crippen LogP contribution >= 0.6 is 0 Å². The first-order valence-electron chi connectivity index (χ1n) is 7.26. The van der Waals surface area contributed by atoms with Gasteiger partial charge in [-0.15, -0.1) is 0 Å². The average molecular weight is 274 g/mol. The summed E-state index contributed by atoms with van der Waals surface area (Å²) in [6.07, 6.45) is 3.58. The fraction of sp³-hybridized carbons (Fsp3) is 0.562. The van der Waals surface area contributed by atoms with Crippen molar-refractivity contribution in [2.24, 2.45) is 0 Å². The van der Waals surface area contributed by atoms with Crippen LogP contribution in [0.15, 0.2) is 30.3 Å². The third-order valence-electron chi connectivity index (χ3n) is 3.40. The van der Waals surface area contributed by atoms with Gasteiger partial charge in [-0.1, -0.05) is 30.3 Å². The molecule has 1 fully saturated rings. The van der Waals surface area contributed by atoms with Crippen molar-refractivity contribution >= 4 is 0 Å². The maximum atomic E-state index is 8.89. The molecule has 20 heavy (non-hydrogen) atoms. The number of nitrogens with zero attached hydrogens (tertiary/aromatic N) is 1. The van der Waals surface area contributed by atoms with E-state index < -0.39 is 0 Å². The largest absolute Gasteiger partial charge is 0.353 e. The molecule has 4 nitrogen and oxygen atoms in total. The van der Waals surface area contributed by atoms with Crippen LogP contribution in [0.2, 0.25) is 0 Å². The zero-order chi connectivity index (χ0) is 14.0. The summed E-state index contributed by atoms with van der Waals surface area (Å²) < 4.78 is 11.3. The molecule has 4 heteroatoms. The summed E-state index contributed by atoms with van der Waals surface area (Å²) in [6.45, 7) is 2.05. The van der Waals surface area contributed by atoms with Crippen LogP contribution < -0.4 is 5.32 Å². The van der Waals surface area contributed by atoms with Crippen LogP contribution in [0.5, 0.6) is 0 Å². The molecular formula is C16H22N2O2. The lowest BCUT2D eigenvalue weighted by Gasteiger charge is -2.25. The molecule has 1 aliphatic rings. The molecule has 0 amide bonds. The number of ether oxygens (including phenoxy) is 2. The predicted molar refractivity (Wildman–Crippen MR) is 76.8 cm³/mol. The highest BCUT2D eigenvalue weighted by molar-refractivity contribution is 5.14. The molecule has 0 aromatic heterocycles. The first-order valence-corrected chi connectivity index (χ1v) is 7.26. The average Bonchev–Trinajstić information content (AvgIpc) is 2.52. The summed E-state index contributed by atoms with van der Waals surface area (Å²) in [4.78, 5) is 0. The Morgan fingerprint density at radius 3 is 2.90 bits per heavy atom. The Balaban J connectivity index is 1.73. The number of nitrogens with one attached hydrogen (secondary N) is 1. The van der Waals surface area contributed by atoms with Crippen molar-refractivity contribution < 1.29 is 9.47 Å². The van der Waals surface area contributed by atoms with Crippen LogP contribution in [0.25, 0.3) is 0 Å². The molecule has 0 aliphatic carbocycles. The van der Waals surface area contributed by atoms with Gasteiger partial charge in [-0.2, -0.15) is 5.26 Å². The number of nitriles is 1. The van der Waals surface area contributed by atoms with Crippen molar-refractivity contribution in [3.05, 3.63) is 35.9 Å². The van der Waals surface area contributed by atoms with Gasteiger partial charge in [0.25, 0.3) is 0 Å². The third-order valence-corrected chi connectivity index (χ3v) is 3.40. The molecule has 1 heterocycles. The summed E-state index contributed by atoms with van der Waals surface area (Å²) in [7, 11) is 0. The highest BCUT2D eigenvalue weighted by atomic mass is 16.7. The van der Waals surface area contributed by atoms with Crippen molar-refractivity contribution in [1.82, 2.24) is 5.32 Å². The van der Waals surface area contributed by atoms with E-state index in [9.17, 15) is 0 Å². The fourth-order valence-electron chi connectivity index (χ4n) is 2.22. The topological polar surface area (TPSA) is 54.3 Å². The van der Waals surface area contributed by atoms with Gasteiger partial charge in [0.05, 0.1) is 19.1 Å². The predicted octanol–water partition coefficient (Wildman–Crippen LogP) is 2.60. The summed E-state index contributed by atoms with van der Waals surface area (Å²) in [6, 6.07) is 12.4. The van der Waals surface area contributed by atoms with Crippen molar-refractivity contribution in [2.45, 2.75) is 44.6 Å². The van der Waals surface area contributed by atoms with Gasteiger partial charge >= 0.3 is 0 Å². The Morgan fingerprint density at radius 1 is 1.35 bits per heavy atom. The standard InChI is InChI=1S/C16H22N2O2/c17-10-9-15(13-20-16-8-4-5-11-19-16)18-12-14-6-2-1-3-7-14/h1-3,6-7,15-16,18H,4-5,8-9,11-13H2. The Labute approximate surface area is 120 Å². The Bertz CT molecular complexity index is 410. The van der Waals surface area contributed by atoms with E-state index in [1.807, 2.05) is 18.2 Å². The van der Waals surface area contributed by atoms with Gasteiger partial charge in [-0.3, -0.25) is 0 Å².